The van der Waals surface area contributed by atoms with E-state index in [4.69, 9.17) is 0 Å². The lowest BCUT2D eigenvalue weighted by Gasteiger charge is -2.21. The highest BCUT2D eigenvalue weighted by Crippen LogP contribution is 2.37. The number of nitrogens with one attached hydrogen (secondary N) is 2. The number of amides is 1. The van der Waals surface area contributed by atoms with E-state index >= 15 is 0 Å². The molecule has 29 heavy (non-hydrogen) atoms. The van der Waals surface area contributed by atoms with Crippen LogP contribution in [0.4, 0.5) is 0 Å². The Morgan fingerprint density at radius 2 is 1.93 bits per heavy atom. The highest BCUT2D eigenvalue weighted by atomic mass is 16.3. The Kier molecular flexibility index (Phi) is 5.20. The first kappa shape index (κ1) is 18.6. The van der Waals surface area contributed by atoms with Crippen molar-refractivity contribution < 1.29 is 24.2 Å². The Balaban J connectivity index is 1.70. The lowest BCUT2D eigenvalue weighted by Crippen LogP contribution is -2.37. The molecule has 0 radical (unpaired) electrons. The lowest BCUT2D eigenvalue weighted by atomic mass is 9.98. The molecular weight excluding hydrogens is 368 g/mol. The molecule has 3 heterocycles. The van der Waals surface area contributed by atoms with E-state index < -0.39 is 17.7 Å². The average molecular weight is 390 g/mol. The second-order valence-corrected chi connectivity index (χ2v) is 6.88. The summed E-state index contributed by atoms with van der Waals surface area (Å²) in [7, 11) is 0. The van der Waals surface area contributed by atoms with Crippen LogP contribution in [0.1, 0.15) is 23.7 Å². The molecule has 3 N–H and O–H groups in total. The van der Waals surface area contributed by atoms with Crippen molar-refractivity contribution in [3.8, 4) is 0 Å². The minimum Gasteiger partial charge on any atom is -0.507 e. The first-order chi connectivity index (χ1) is 14.2. The van der Waals surface area contributed by atoms with Crippen LogP contribution in [0.2, 0.25) is 0 Å². The summed E-state index contributed by atoms with van der Waals surface area (Å²) < 4.78 is 1.98. The smallest absolute Gasteiger partial charge is 0.295 e. The fourth-order valence-corrected chi connectivity index (χ4v) is 3.65. The molecule has 1 amide bonds. The number of likely N-dealkylation sites (tertiary alicyclic amines) is 1. The van der Waals surface area contributed by atoms with Gasteiger partial charge < -0.3 is 10.0 Å². The third-order valence-corrected chi connectivity index (χ3v) is 5.03. The maximum Gasteiger partial charge on any atom is 0.295 e. The first-order valence-electron chi connectivity index (χ1n) is 9.49. The zero-order chi connectivity index (χ0) is 20.2. The van der Waals surface area contributed by atoms with E-state index in [0.29, 0.717) is 30.8 Å². The predicted octanol–water partition coefficient (Wildman–Crippen LogP) is 1.63. The zero-order valence-corrected chi connectivity index (χ0v) is 15.8. The third kappa shape index (κ3) is 3.67. The molecule has 4 rings (SSSR count). The molecule has 2 aromatic heterocycles. The fraction of sp³-hybridized carbons (Fsp3) is 0.182. The summed E-state index contributed by atoms with van der Waals surface area (Å²) in [4.78, 5) is 33.3. The van der Waals surface area contributed by atoms with E-state index in [1.165, 1.54) is 4.90 Å². The summed E-state index contributed by atoms with van der Waals surface area (Å²) in [5.74, 6) is -1.42. The molecule has 0 spiro atoms. The number of benzene rings is 1. The lowest BCUT2D eigenvalue weighted by molar-refractivity contribution is -0.695. The number of hydrogen-bond donors (Lipinski definition) is 2. The van der Waals surface area contributed by atoms with Crippen LogP contribution in [-0.2, 0) is 16.1 Å². The van der Waals surface area contributed by atoms with E-state index in [1.54, 1.807) is 30.5 Å². The average Bonchev–Trinajstić information content (AvgIpc) is 3.37. The van der Waals surface area contributed by atoms with Crippen LogP contribution in [0.5, 0.6) is 0 Å². The molecule has 0 aliphatic carbocycles. The number of H-pyrrole nitrogens is 2. The number of aromatic amines is 2. The molecule has 7 nitrogen and oxygen atoms in total. The molecule has 0 saturated carbocycles. The number of hydrogen-bond acceptors (Lipinski definition) is 3. The summed E-state index contributed by atoms with van der Waals surface area (Å²) in [6, 6.07) is 13.7. The highest BCUT2D eigenvalue weighted by Gasteiger charge is 2.48. The van der Waals surface area contributed by atoms with Gasteiger partial charge in [0.05, 0.1) is 12.1 Å². The summed E-state index contributed by atoms with van der Waals surface area (Å²) >= 11 is 0. The number of carbonyl (C=O) groups excluding carboxylic acids is 2. The number of Topliss-reactive ketones (excluding diaryl/α,β-unsaturated/α-hetero) is 1. The van der Waals surface area contributed by atoms with Gasteiger partial charge in [0, 0.05) is 30.7 Å². The van der Waals surface area contributed by atoms with Gasteiger partial charge in [-0.2, -0.15) is 0 Å². The number of ketones is 1. The summed E-state index contributed by atoms with van der Waals surface area (Å²) in [6.07, 6.45) is 7.99. The van der Waals surface area contributed by atoms with Crippen LogP contribution in [0.25, 0.3) is 5.76 Å². The number of nitrogens with zero attached hydrogens (tertiary/aromatic N) is 2. The van der Waals surface area contributed by atoms with E-state index in [1.807, 2.05) is 47.6 Å². The fourth-order valence-electron chi connectivity index (χ4n) is 3.65. The van der Waals surface area contributed by atoms with Crippen molar-refractivity contribution in [3.05, 3.63) is 90.3 Å². The van der Waals surface area contributed by atoms with E-state index in [9.17, 15) is 14.7 Å². The van der Waals surface area contributed by atoms with Crippen molar-refractivity contribution >= 4 is 17.4 Å². The Morgan fingerprint density at radius 3 is 2.62 bits per heavy atom. The first-order valence-corrected chi connectivity index (χ1v) is 9.49. The van der Waals surface area contributed by atoms with E-state index in [2.05, 4.69) is 9.97 Å². The van der Waals surface area contributed by atoms with Crippen LogP contribution in [0.3, 0.4) is 0 Å². The van der Waals surface area contributed by atoms with Crippen LogP contribution in [0, 0.1) is 0 Å². The number of aliphatic hydroxyl groups is 1. The Labute approximate surface area is 168 Å². The Bertz CT molecular complexity index is 1030. The molecular formula is C22H22N4O3+2. The van der Waals surface area contributed by atoms with Crippen LogP contribution in [0.15, 0.2) is 79.0 Å². The molecule has 7 heteroatoms. The summed E-state index contributed by atoms with van der Waals surface area (Å²) in [6.45, 7) is 1.10. The van der Waals surface area contributed by atoms with Crippen molar-refractivity contribution in [1.82, 2.24) is 9.88 Å². The van der Waals surface area contributed by atoms with Gasteiger partial charge in [-0.3, -0.25) is 14.6 Å². The summed E-state index contributed by atoms with van der Waals surface area (Å²) in [5, 5.41) is 10.9. The van der Waals surface area contributed by atoms with Gasteiger partial charge in [0.25, 0.3) is 11.7 Å². The van der Waals surface area contributed by atoms with Gasteiger partial charge in [-0.25, -0.2) is 9.55 Å². The maximum absolute atomic E-state index is 12.9. The SMILES string of the molecule is O=C1C(=O)N(CCC[n+]2cc[nH]c2)C(c2cccc[nH+]2)C1=C(O)c1ccccc1. The Hall–Kier alpha value is -3.74. The van der Waals surface area contributed by atoms with Gasteiger partial charge in [-0.1, -0.05) is 36.4 Å². The van der Waals surface area contributed by atoms with Crippen LogP contribution < -0.4 is 9.55 Å². The molecule has 3 aromatic rings. The van der Waals surface area contributed by atoms with Crippen LogP contribution >= 0.6 is 0 Å². The topological polar surface area (TPSA) is 91.4 Å². The molecule has 1 fully saturated rings. The largest absolute Gasteiger partial charge is 0.507 e. The van der Waals surface area contributed by atoms with Gasteiger partial charge >= 0.3 is 0 Å². The van der Waals surface area contributed by atoms with Gasteiger partial charge in [0.2, 0.25) is 12.0 Å². The molecule has 1 saturated heterocycles. The van der Waals surface area contributed by atoms with Crippen LogP contribution in [-0.4, -0.2) is 33.2 Å². The molecule has 0 bridgehead atoms. The molecule has 1 unspecified atom stereocenters. The monoisotopic (exact) mass is 390 g/mol. The van der Waals surface area contributed by atoms with Gasteiger partial charge in [0.15, 0.2) is 6.20 Å². The second-order valence-electron chi connectivity index (χ2n) is 6.88. The molecule has 1 aliphatic rings. The van der Waals surface area contributed by atoms with Gasteiger partial charge in [-0.05, 0) is 0 Å². The van der Waals surface area contributed by atoms with Gasteiger partial charge in [-0.15, -0.1) is 0 Å². The molecule has 1 atom stereocenters. The molecule has 1 aromatic carbocycles. The minimum absolute atomic E-state index is 0.109. The number of rotatable bonds is 6. The molecule has 146 valence electrons. The third-order valence-electron chi connectivity index (χ3n) is 5.03. The van der Waals surface area contributed by atoms with Gasteiger partial charge in [0.1, 0.15) is 24.2 Å². The Morgan fingerprint density at radius 1 is 1.14 bits per heavy atom. The normalized spacial score (nSPS) is 18.3. The van der Waals surface area contributed by atoms with E-state index in [-0.39, 0.29) is 11.3 Å². The number of aliphatic hydroxyl groups excluding tert-OH is 1. The van der Waals surface area contributed by atoms with Crippen molar-refractivity contribution in [2.24, 2.45) is 0 Å². The van der Waals surface area contributed by atoms with Crippen molar-refractivity contribution in [3.63, 3.8) is 0 Å². The van der Waals surface area contributed by atoms with Crippen molar-refractivity contribution in [1.29, 1.82) is 0 Å². The van der Waals surface area contributed by atoms with Crippen molar-refractivity contribution in [2.45, 2.75) is 19.0 Å². The predicted molar refractivity (Wildman–Crippen MR) is 104 cm³/mol. The standard InChI is InChI=1S/C22H20N4O3/c27-20(16-7-2-1-3-8-16)18-19(17-9-4-5-10-24-17)26(22(29)21(18)28)13-6-12-25-14-11-23-15-25/h1-5,7-11,14-15,19H,6,12-13H2,(H,27,28)/p+2. The number of pyridine rings is 1. The second kappa shape index (κ2) is 8.10. The maximum atomic E-state index is 12.9. The van der Waals surface area contributed by atoms with E-state index in [0.717, 1.165) is 0 Å². The zero-order valence-electron chi connectivity index (χ0n) is 15.8. The summed E-state index contributed by atoms with van der Waals surface area (Å²) in [5.41, 5.74) is 1.30. The molecule has 1 aliphatic heterocycles. The van der Waals surface area contributed by atoms with Crippen molar-refractivity contribution in [2.75, 3.05) is 6.54 Å². The highest BCUT2D eigenvalue weighted by molar-refractivity contribution is 6.46. The quantitative estimate of drug-likeness (QED) is 0.290. The number of aryl methyl sites for hydroxylation is 1. The minimum atomic E-state index is -0.664. The number of carbonyl (C=O) groups is 2. The number of aromatic nitrogens is 3. The number of imidazole rings is 1.